The number of non-ortho nitro benzene ring substituents is 1. The number of nitrogens with zero attached hydrogens (tertiary/aromatic N) is 2. The van der Waals surface area contributed by atoms with E-state index in [1.54, 1.807) is 31.2 Å². The van der Waals surface area contributed by atoms with Crippen LogP contribution < -0.4 is 9.64 Å². The third-order valence-electron chi connectivity index (χ3n) is 5.86. The van der Waals surface area contributed by atoms with Crippen molar-refractivity contribution in [2.45, 2.75) is 13.0 Å². The topological polar surface area (TPSA) is 136 Å². The predicted octanol–water partition coefficient (Wildman–Crippen LogP) is 4.41. The Bertz CT molecular complexity index is 1410. The number of benzene rings is 3. The first-order valence-corrected chi connectivity index (χ1v) is 11.2. The van der Waals surface area contributed by atoms with Crippen LogP contribution in [-0.2, 0) is 14.3 Å². The first kappa shape index (κ1) is 25.1. The van der Waals surface area contributed by atoms with Crippen molar-refractivity contribution in [2.24, 2.45) is 0 Å². The van der Waals surface area contributed by atoms with E-state index in [1.807, 2.05) is 0 Å². The van der Waals surface area contributed by atoms with Gasteiger partial charge in [-0.05, 0) is 48.9 Å². The van der Waals surface area contributed by atoms with E-state index in [4.69, 9.17) is 9.47 Å². The molecule has 1 N–H and O–H groups in total. The Balaban J connectivity index is 1.87. The lowest BCUT2D eigenvalue weighted by molar-refractivity contribution is -0.384. The van der Waals surface area contributed by atoms with Crippen molar-refractivity contribution >= 4 is 34.8 Å². The highest BCUT2D eigenvalue weighted by Gasteiger charge is 2.47. The molecule has 37 heavy (non-hydrogen) atoms. The third kappa shape index (κ3) is 4.76. The average Bonchev–Trinajstić information content (AvgIpc) is 3.18. The van der Waals surface area contributed by atoms with Crippen molar-refractivity contribution < 1.29 is 33.9 Å². The fourth-order valence-corrected chi connectivity index (χ4v) is 4.10. The van der Waals surface area contributed by atoms with Crippen LogP contribution in [0, 0.1) is 10.1 Å². The second kappa shape index (κ2) is 10.3. The van der Waals surface area contributed by atoms with Crippen molar-refractivity contribution in [3.05, 3.63) is 105 Å². The number of ether oxygens (including phenoxy) is 2. The normalized spacial score (nSPS) is 16.5. The number of ketones is 1. The van der Waals surface area contributed by atoms with Crippen LogP contribution in [0.2, 0.25) is 0 Å². The highest BCUT2D eigenvalue weighted by Crippen LogP contribution is 2.42. The molecule has 0 spiro atoms. The zero-order chi connectivity index (χ0) is 26.7. The van der Waals surface area contributed by atoms with Crippen LogP contribution >= 0.6 is 0 Å². The minimum absolute atomic E-state index is 0.0170. The van der Waals surface area contributed by atoms with Gasteiger partial charge in [0.1, 0.15) is 11.5 Å². The molecular weight excluding hydrogens is 480 g/mol. The summed E-state index contributed by atoms with van der Waals surface area (Å²) in [5.74, 6) is -2.41. The molecule has 188 valence electrons. The fraction of sp³-hybridized carbons (Fsp3) is 0.148. The predicted molar refractivity (Wildman–Crippen MR) is 133 cm³/mol. The second-order valence-electron chi connectivity index (χ2n) is 8.02. The van der Waals surface area contributed by atoms with Crippen molar-refractivity contribution in [1.29, 1.82) is 0 Å². The summed E-state index contributed by atoms with van der Waals surface area (Å²) in [6.45, 7) is 1.88. The van der Waals surface area contributed by atoms with Crippen LogP contribution in [0.5, 0.6) is 5.75 Å². The average molecular weight is 502 g/mol. The van der Waals surface area contributed by atoms with E-state index >= 15 is 0 Å². The monoisotopic (exact) mass is 502 g/mol. The number of hydrogen-bond acceptors (Lipinski definition) is 8. The van der Waals surface area contributed by atoms with Gasteiger partial charge in [-0.25, -0.2) is 4.79 Å². The van der Waals surface area contributed by atoms with Gasteiger partial charge >= 0.3 is 5.97 Å². The lowest BCUT2D eigenvalue weighted by Crippen LogP contribution is -2.29. The number of nitro benzene ring substituents is 1. The number of esters is 1. The van der Waals surface area contributed by atoms with Crippen molar-refractivity contribution in [1.82, 2.24) is 0 Å². The minimum atomic E-state index is -1.06. The largest absolute Gasteiger partial charge is 0.507 e. The van der Waals surface area contributed by atoms with E-state index in [1.165, 1.54) is 54.5 Å². The zero-order valence-electron chi connectivity index (χ0n) is 19.9. The minimum Gasteiger partial charge on any atom is -0.507 e. The number of aliphatic hydroxyl groups is 1. The van der Waals surface area contributed by atoms with E-state index in [0.717, 1.165) is 6.07 Å². The number of Topliss-reactive ketones (excluding diaryl/α,β-unsaturated/α-hetero) is 1. The number of carbonyl (C=O) groups excluding carboxylic acids is 3. The SMILES string of the molecule is CCOC(=O)c1ccc(N2C(=O)C(=O)/C(=C(\O)c3cccc([N+](=O)[O-])c3)C2c2ccc(OC)cc2)cc1. The molecule has 1 heterocycles. The molecule has 1 atom stereocenters. The van der Waals surface area contributed by atoms with Gasteiger partial charge in [-0.1, -0.05) is 24.3 Å². The molecule has 0 saturated carbocycles. The van der Waals surface area contributed by atoms with Crippen molar-refractivity contribution in [3.63, 3.8) is 0 Å². The number of carbonyl (C=O) groups is 3. The van der Waals surface area contributed by atoms with Gasteiger partial charge in [-0.2, -0.15) is 0 Å². The summed E-state index contributed by atoms with van der Waals surface area (Å²) >= 11 is 0. The fourth-order valence-electron chi connectivity index (χ4n) is 4.10. The van der Waals surface area contributed by atoms with E-state index in [-0.39, 0.29) is 29.0 Å². The Morgan fingerprint density at radius 3 is 2.30 bits per heavy atom. The lowest BCUT2D eigenvalue weighted by atomic mass is 9.95. The molecule has 0 bridgehead atoms. The number of rotatable bonds is 7. The Morgan fingerprint density at radius 1 is 1.03 bits per heavy atom. The summed E-state index contributed by atoms with van der Waals surface area (Å²) in [4.78, 5) is 50.4. The van der Waals surface area contributed by atoms with Gasteiger partial charge in [0.15, 0.2) is 0 Å². The molecule has 1 aliphatic rings. The number of aliphatic hydroxyl groups excluding tert-OH is 1. The second-order valence-corrected chi connectivity index (χ2v) is 8.02. The van der Waals surface area contributed by atoms with Gasteiger partial charge < -0.3 is 14.6 Å². The van der Waals surface area contributed by atoms with Crippen LogP contribution in [0.15, 0.2) is 78.4 Å². The standard InChI is InChI=1S/C27H22N2O8/c1-3-37-27(33)17-7-11-19(12-8-17)28-23(16-9-13-21(36-2)14-10-16)22(25(31)26(28)32)24(30)18-5-4-6-20(15-18)29(34)35/h4-15,23,30H,3H2,1-2H3/b24-22-. The van der Waals surface area contributed by atoms with Crippen LogP contribution in [0.3, 0.4) is 0 Å². The van der Waals surface area contributed by atoms with E-state index in [0.29, 0.717) is 17.0 Å². The molecule has 3 aromatic rings. The highest BCUT2D eigenvalue weighted by atomic mass is 16.6. The molecular formula is C27H22N2O8. The van der Waals surface area contributed by atoms with E-state index < -0.39 is 34.4 Å². The molecule has 3 aromatic carbocycles. The maximum atomic E-state index is 13.3. The number of nitro groups is 1. The third-order valence-corrected chi connectivity index (χ3v) is 5.86. The van der Waals surface area contributed by atoms with Gasteiger partial charge in [0.2, 0.25) is 0 Å². The summed E-state index contributed by atoms with van der Waals surface area (Å²) in [5, 5.41) is 22.4. The number of methoxy groups -OCH3 is 1. The van der Waals surface area contributed by atoms with Crippen LogP contribution in [0.25, 0.3) is 5.76 Å². The molecule has 4 rings (SSSR count). The summed E-state index contributed by atoms with van der Waals surface area (Å²) in [7, 11) is 1.49. The van der Waals surface area contributed by atoms with Gasteiger partial charge in [0.25, 0.3) is 17.4 Å². The van der Waals surface area contributed by atoms with Crippen molar-refractivity contribution in [2.75, 3.05) is 18.6 Å². The smallest absolute Gasteiger partial charge is 0.338 e. The number of anilines is 1. The summed E-state index contributed by atoms with van der Waals surface area (Å²) in [5.41, 5.74) is 0.553. The molecule has 10 nitrogen and oxygen atoms in total. The van der Waals surface area contributed by atoms with Gasteiger partial charge in [-0.15, -0.1) is 0 Å². The quantitative estimate of drug-likeness (QED) is 0.125. The zero-order valence-corrected chi connectivity index (χ0v) is 19.9. The molecule has 1 aliphatic heterocycles. The molecule has 0 aliphatic carbocycles. The number of amides is 1. The van der Waals surface area contributed by atoms with Gasteiger partial charge in [0.05, 0.1) is 35.8 Å². The molecule has 10 heteroatoms. The van der Waals surface area contributed by atoms with E-state index in [9.17, 15) is 29.6 Å². The Kier molecular flexibility index (Phi) is 7.01. The number of hydrogen-bond donors (Lipinski definition) is 1. The Morgan fingerprint density at radius 2 is 1.70 bits per heavy atom. The maximum Gasteiger partial charge on any atom is 0.338 e. The van der Waals surface area contributed by atoms with Crippen molar-refractivity contribution in [3.8, 4) is 5.75 Å². The first-order chi connectivity index (χ1) is 17.8. The molecule has 1 saturated heterocycles. The lowest BCUT2D eigenvalue weighted by Gasteiger charge is -2.25. The molecule has 0 radical (unpaired) electrons. The van der Waals surface area contributed by atoms with Gasteiger partial charge in [-0.3, -0.25) is 24.6 Å². The molecule has 0 aromatic heterocycles. The maximum absolute atomic E-state index is 13.3. The molecule has 1 unspecified atom stereocenters. The molecule has 1 fully saturated rings. The van der Waals surface area contributed by atoms with Crippen LogP contribution in [0.4, 0.5) is 11.4 Å². The Hall–Kier alpha value is -4.99. The van der Waals surface area contributed by atoms with Crippen LogP contribution in [-0.4, -0.2) is 41.4 Å². The highest BCUT2D eigenvalue weighted by molar-refractivity contribution is 6.51. The van der Waals surface area contributed by atoms with Gasteiger partial charge in [0, 0.05) is 23.4 Å². The summed E-state index contributed by atoms with van der Waals surface area (Å²) in [6, 6.07) is 16.6. The molecule has 1 amide bonds. The first-order valence-electron chi connectivity index (χ1n) is 11.2. The van der Waals surface area contributed by atoms with Crippen LogP contribution in [0.1, 0.15) is 34.5 Å². The summed E-state index contributed by atoms with van der Waals surface area (Å²) < 4.78 is 10.2. The summed E-state index contributed by atoms with van der Waals surface area (Å²) in [6.07, 6.45) is 0. The Labute approximate surface area is 211 Å². The van der Waals surface area contributed by atoms with E-state index in [2.05, 4.69) is 0 Å².